The normalized spacial score (nSPS) is 11.0. The molecule has 0 aromatic carbocycles. The highest BCUT2D eigenvalue weighted by atomic mass is 16.2. The van der Waals surface area contributed by atoms with Gasteiger partial charge in [0.15, 0.2) is 5.65 Å². The monoisotopic (exact) mass is 285 g/mol. The van der Waals surface area contributed by atoms with Crippen molar-refractivity contribution >= 4 is 11.6 Å². The van der Waals surface area contributed by atoms with E-state index >= 15 is 0 Å². The summed E-state index contributed by atoms with van der Waals surface area (Å²) in [5.74, 6) is 0.499. The van der Waals surface area contributed by atoms with E-state index in [2.05, 4.69) is 25.3 Å². The summed E-state index contributed by atoms with van der Waals surface area (Å²) in [6.45, 7) is 4.11. The van der Waals surface area contributed by atoms with E-state index in [0.717, 1.165) is 17.0 Å². The van der Waals surface area contributed by atoms with Crippen molar-refractivity contribution in [2.24, 2.45) is 0 Å². The van der Waals surface area contributed by atoms with Crippen molar-refractivity contribution in [3.8, 4) is 0 Å². The van der Waals surface area contributed by atoms with Crippen LogP contribution in [0.15, 0.2) is 18.6 Å². The second-order valence-electron chi connectivity index (χ2n) is 4.91. The van der Waals surface area contributed by atoms with Crippen molar-refractivity contribution in [2.75, 3.05) is 7.05 Å². The maximum absolute atomic E-state index is 12.5. The Balaban J connectivity index is 1.92. The molecule has 1 N–H and O–H groups in total. The molecule has 3 heterocycles. The quantitative estimate of drug-likeness (QED) is 0.766. The lowest BCUT2D eigenvalue weighted by Crippen LogP contribution is -2.28. The molecule has 3 aromatic rings. The van der Waals surface area contributed by atoms with Crippen molar-refractivity contribution in [1.82, 2.24) is 34.7 Å². The van der Waals surface area contributed by atoms with Crippen LogP contribution in [0.3, 0.4) is 0 Å². The molecule has 0 fully saturated rings. The number of H-pyrrole nitrogens is 1. The lowest BCUT2D eigenvalue weighted by molar-refractivity contribution is 0.0779. The fraction of sp³-hybridized carbons (Fsp3) is 0.308. The van der Waals surface area contributed by atoms with Gasteiger partial charge in [-0.2, -0.15) is 10.2 Å². The number of nitrogens with zero attached hydrogens (tertiary/aromatic N) is 6. The Morgan fingerprint density at radius 2 is 2.19 bits per heavy atom. The first kappa shape index (κ1) is 13.2. The van der Waals surface area contributed by atoms with E-state index in [9.17, 15) is 4.79 Å². The van der Waals surface area contributed by atoms with E-state index < -0.39 is 0 Å². The molecule has 3 aromatic heterocycles. The summed E-state index contributed by atoms with van der Waals surface area (Å²) in [6, 6.07) is 1.87. The van der Waals surface area contributed by atoms with Crippen molar-refractivity contribution in [2.45, 2.75) is 20.4 Å². The molecule has 21 heavy (non-hydrogen) atoms. The van der Waals surface area contributed by atoms with Crippen molar-refractivity contribution in [3.63, 3.8) is 0 Å². The SMILES string of the molecule is Cc1cc2ncc(C(=O)N(C)Cc3ncn[nH]3)c(C)n2n1. The fourth-order valence-electron chi connectivity index (χ4n) is 2.18. The van der Waals surface area contributed by atoms with Crippen LogP contribution in [0, 0.1) is 13.8 Å². The summed E-state index contributed by atoms with van der Waals surface area (Å²) in [6.07, 6.45) is 3.00. The lowest BCUT2D eigenvalue weighted by Gasteiger charge is -2.16. The van der Waals surface area contributed by atoms with E-state index in [-0.39, 0.29) is 5.91 Å². The number of aromatic nitrogens is 6. The van der Waals surface area contributed by atoms with Gasteiger partial charge in [0.05, 0.1) is 23.5 Å². The van der Waals surface area contributed by atoms with Crippen molar-refractivity contribution in [1.29, 1.82) is 0 Å². The number of amides is 1. The molecule has 0 aliphatic carbocycles. The highest BCUT2D eigenvalue weighted by molar-refractivity contribution is 5.95. The average molecular weight is 285 g/mol. The number of fused-ring (bicyclic) bond motifs is 1. The predicted octanol–water partition coefficient (Wildman–Crippen LogP) is 0.736. The number of aromatic amines is 1. The Labute approximate surface area is 120 Å². The Morgan fingerprint density at radius 3 is 2.90 bits per heavy atom. The van der Waals surface area contributed by atoms with E-state index in [1.807, 2.05) is 19.9 Å². The van der Waals surface area contributed by atoms with Crippen LogP contribution < -0.4 is 0 Å². The largest absolute Gasteiger partial charge is 0.334 e. The van der Waals surface area contributed by atoms with Gasteiger partial charge in [0.1, 0.15) is 12.2 Å². The molecule has 0 unspecified atom stereocenters. The molecule has 0 radical (unpaired) electrons. The minimum absolute atomic E-state index is 0.133. The van der Waals surface area contributed by atoms with Gasteiger partial charge < -0.3 is 4.90 Å². The van der Waals surface area contributed by atoms with Crippen LogP contribution in [0.25, 0.3) is 5.65 Å². The standard InChI is InChI=1S/C13H15N7O/c1-8-4-12-14-5-10(9(2)20(12)18-8)13(21)19(3)6-11-15-7-16-17-11/h4-5,7H,6H2,1-3H3,(H,15,16,17). The van der Waals surface area contributed by atoms with Gasteiger partial charge in [0.2, 0.25) is 0 Å². The highest BCUT2D eigenvalue weighted by Gasteiger charge is 2.18. The predicted molar refractivity (Wildman–Crippen MR) is 74.6 cm³/mol. The lowest BCUT2D eigenvalue weighted by atomic mass is 10.2. The molecular formula is C13H15N7O. The van der Waals surface area contributed by atoms with Crippen LogP contribution in [0.5, 0.6) is 0 Å². The maximum Gasteiger partial charge on any atom is 0.257 e. The smallest absolute Gasteiger partial charge is 0.257 e. The first-order valence-corrected chi connectivity index (χ1v) is 6.48. The number of nitrogens with one attached hydrogen (secondary N) is 1. The van der Waals surface area contributed by atoms with Crippen LogP contribution in [0.1, 0.15) is 27.6 Å². The molecule has 0 aliphatic heterocycles. The van der Waals surface area contributed by atoms with Crippen molar-refractivity contribution < 1.29 is 4.79 Å². The second kappa shape index (κ2) is 4.97. The molecule has 8 nitrogen and oxygen atoms in total. The van der Waals surface area contributed by atoms with E-state index in [0.29, 0.717) is 17.9 Å². The zero-order valence-electron chi connectivity index (χ0n) is 12.0. The van der Waals surface area contributed by atoms with Crippen LogP contribution in [-0.2, 0) is 6.54 Å². The maximum atomic E-state index is 12.5. The van der Waals surface area contributed by atoms with Crippen LogP contribution in [0.4, 0.5) is 0 Å². The molecule has 0 saturated carbocycles. The highest BCUT2D eigenvalue weighted by Crippen LogP contribution is 2.13. The number of carbonyl (C=O) groups excluding carboxylic acids is 1. The summed E-state index contributed by atoms with van der Waals surface area (Å²) in [7, 11) is 1.71. The molecule has 3 rings (SSSR count). The zero-order valence-corrected chi connectivity index (χ0v) is 12.0. The molecule has 0 bridgehead atoms. The first-order valence-electron chi connectivity index (χ1n) is 6.48. The van der Waals surface area contributed by atoms with Crippen LogP contribution >= 0.6 is 0 Å². The average Bonchev–Trinajstić information content (AvgIpc) is 3.07. The molecule has 0 aliphatic rings. The molecule has 0 saturated heterocycles. The number of carbonyl (C=O) groups is 1. The third-order valence-electron chi connectivity index (χ3n) is 3.28. The summed E-state index contributed by atoms with van der Waals surface area (Å²) in [5.41, 5.74) is 2.89. The summed E-state index contributed by atoms with van der Waals surface area (Å²) in [5, 5.41) is 10.8. The molecule has 8 heteroatoms. The van der Waals surface area contributed by atoms with Gasteiger partial charge in [-0.3, -0.25) is 9.89 Å². The fourth-order valence-corrected chi connectivity index (χ4v) is 2.18. The van der Waals surface area contributed by atoms with Gasteiger partial charge in [-0.1, -0.05) is 0 Å². The van der Waals surface area contributed by atoms with Gasteiger partial charge in [-0.25, -0.2) is 14.5 Å². The van der Waals surface area contributed by atoms with Gasteiger partial charge in [0.25, 0.3) is 5.91 Å². The van der Waals surface area contributed by atoms with Crippen molar-refractivity contribution in [3.05, 3.63) is 41.4 Å². The Hall–Kier alpha value is -2.77. The Bertz CT molecular complexity index is 790. The van der Waals surface area contributed by atoms with Gasteiger partial charge in [-0.15, -0.1) is 0 Å². The summed E-state index contributed by atoms with van der Waals surface area (Å²) < 4.78 is 1.69. The first-order chi connectivity index (χ1) is 10.1. The minimum atomic E-state index is -0.133. The zero-order chi connectivity index (χ0) is 15.0. The minimum Gasteiger partial charge on any atom is -0.334 e. The summed E-state index contributed by atoms with van der Waals surface area (Å²) in [4.78, 5) is 22.4. The number of hydrogen-bond acceptors (Lipinski definition) is 5. The molecule has 108 valence electrons. The van der Waals surface area contributed by atoms with E-state index in [1.165, 1.54) is 6.33 Å². The third-order valence-corrected chi connectivity index (χ3v) is 3.28. The summed E-state index contributed by atoms with van der Waals surface area (Å²) >= 11 is 0. The number of rotatable bonds is 3. The molecule has 0 atom stereocenters. The molecular weight excluding hydrogens is 270 g/mol. The topological polar surface area (TPSA) is 92.1 Å². The number of hydrogen-bond donors (Lipinski definition) is 1. The third kappa shape index (κ3) is 2.35. The van der Waals surface area contributed by atoms with Gasteiger partial charge >= 0.3 is 0 Å². The Morgan fingerprint density at radius 1 is 1.38 bits per heavy atom. The van der Waals surface area contributed by atoms with Crippen LogP contribution in [-0.4, -0.2) is 47.6 Å². The Kier molecular flexibility index (Phi) is 3.13. The van der Waals surface area contributed by atoms with Gasteiger partial charge in [-0.05, 0) is 13.8 Å². The number of aryl methyl sites for hydroxylation is 2. The molecule has 1 amide bonds. The van der Waals surface area contributed by atoms with E-state index in [1.54, 1.807) is 22.7 Å². The van der Waals surface area contributed by atoms with Gasteiger partial charge in [0, 0.05) is 19.3 Å². The second-order valence-corrected chi connectivity index (χ2v) is 4.91. The molecule has 0 spiro atoms. The van der Waals surface area contributed by atoms with Crippen LogP contribution in [0.2, 0.25) is 0 Å². The van der Waals surface area contributed by atoms with E-state index in [4.69, 9.17) is 0 Å².